The molecule has 4 aromatic rings. The van der Waals surface area contributed by atoms with Gasteiger partial charge in [-0.05, 0) is 36.8 Å². The molecule has 0 fully saturated rings. The van der Waals surface area contributed by atoms with Crippen molar-refractivity contribution >= 4 is 28.6 Å². The lowest BCUT2D eigenvalue weighted by atomic mass is 10.1. The zero-order valence-electron chi connectivity index (χ0n) is 18.5. The Balaban J connectivity index is 1.38. The van der Waals surface area contributed by atoms with Gasteiger partial charge in [-0.25, -0.2) is 4.98 Å². The molecule has 0 aliphatic carbocycles. The first-order chi connectivity index (χ1) is 15.9. The molecular weight excluding hydrogens is 440 g/mol. The summed E-state index contributed by atoms with van der Waals surface area (Å²) in [6, 6.07) is 14.3. The molecule has 0 radical (unpaired) electrons. The van der Waals surface area contributed by atoms with Gasteiger partial charge in [0.1, 0.15) is 11.6 Å². The number of para-hydroxylation sites is 1. The Labute approximate surface area is 194 Å². The molecule has 0 aliphatic heterocycles. The quantitative estimate of drug-likeness (QED) is 0.385. The van der Waals surface area contributed by atoms with Gasteiger partial charge >= 0.3 is 0 Å². The van der Waals surface area contributed by atoms with Crippen LogP contribution in [-0.2, 0) is 24.0 Å². The van der Waals surface area contributed by atoms with Crippen molar-refractivity contribution in [2.24, 2.45) is 7.05 Å². The summed E-state index contributed by atoms with van der Waals surface area (Å²) in [5.41, 5.74) is 1.39. The van der Waals surface area contributed by atoms with E-state index in [-0.39, 0.29) is 23.9 Å². The maximum atomic E-state index is 12.5. The second kappa shape index (κ2) is 9.86. The van der Waals surface area contributed by atoms with Crippen LogP contribution in [0.5, 0.6) is 5.75 Å². The van der Waals surface area contributed by atoms with E-state index in [1.54, 1.807) is 13.2 Å². The molecule has 2 aromatic carbocycles. The first-order valence-electron chi connectivity index (χ1n) is 10.4. The second-order valence-corrected chi connectivity index (χ2v) is 8.47. The number of benzene rings is 2. The zero-order chi connectivity index (χ0) is 23.4. The fraction of sp³-hybridized carbons (Fsp3) is 0.261. The number of nitrogens with zero attached hydrogens (tertiary/aromatic N) is 4. The van der Waals surface area contributed by atoms with Crippen LogP contribution in [0.2, 0.25) is 0 Å². The summed E-state index contributed by atoms with van der Waals surface area (Å²) < 4.78 is 6.98. The normalized spacial score (nSPS) is 12.0. The number of amides is 1. The van der Waals surface area contributed by atoms with E-state index in [0.29, 0.717) is 33.5 Å². The van der Waals surface area contributed by atoms with Crippen molar-refractivity contribution in [3.8, 4) is 5.75 Å². The summed E-state index contributed by atoms with van der Waals surface area (Å²) in [5, 5.41) is 12.7. The zero-order valence-corrected chi connectivity index (χ0v) is 19.3. The molecule has 0 saturated carbocycles. The number of thioether (sulfide) groups is 1. The molecule has 0 saturated heterocycles. The summed E-state index contributed by atoms with van der Waals surface area (Å²) >= 11 is 1.41. The predicted molar refractivity (Wildman–Crippen MR) is 126 cm³/mol. The molecular formula is C23H24N6O3S. The SMILES string of the molecule is COc1ccc(CC(=O)N[C@@H](C)c2nnc(SCc3nc4ccccc4c(=O)[nH]3)n2C)cc1. The van der Waals surface area contributed by atoms with Crippen LogP contribution in [-0.4, -0.2) is 37.7 Å². The Morgan fingerprint density at radius 3 is 2.70 bits per heavy atom. The first kappa shape index (κ1) is 22.5. The van der Waals surface area contributed by atoms with Crippen LogP contribution in [0, 0.1) is 0 Å². The van der Waals surface area contributed by atoms with Crippen LogP contribution in [0.3, 0.4) is 0 Å². The number of hydrogen-bond donors (Lipinski definition) is 2. The van der Waals surface area contributed by atoms with Gasteiger partial charge in [-0.3, -0.25) is 9.59 Å². The first-order valence-corrected chi connectivity index (χ1v) is 11.4. The molecule has 1 atom stereocenters. The number of nitrogens with one attached hydrogen (secondary N) is 2. The fourth-order valence-electron chi connectivity index (χ4n) is 3.45. The van der Waals surface area contributed by atoms with E-state index in [1.807, 2.05) is 61.0 Å². The van der Waals surface area contributed by atoms with Crippen molar-refractivity contribution in [3.05, 3.63) is 76.1 Å². The molecule has 10 heteroatoms. The van der Waals surface area contributed by atoms with E-state index in [4.69, 9.17) is 4.74 Å². The lowest BCUT2D eigenvalue weighted by Crippen LogP contribution is -2.29. The fourth-order valence-corrected chi connectivity index (χ4v) is 4.24. The summed E-state index contributed by atoms with van der Waals surface area (Å²) in [6.45, 7) is 1.87. The summed E-state index contributed by atoms with van der Waals surface area (Å²) in [4.78, 5) is 32.1. The van der Waals surface area contributed by atoms with E-state index in [2.05, 4.69) is 25.5 Å². The van der Waals surface area contributed by atoms with E-state index in [0.717, 1.165) is 11.3 Å². The van der Waals surface area contributed by atoms with Crippen LogP contribution in [0.1, 0.15) is 30.2 Å². The number of methoxy groups -OCH3 is 1. The standard InChI is InChI=1S/C23H24N6O3S/c1-14(24-20(30)12-15-8-10-16(32-3)11-9-15)21-27-28-23(29(21)2)33-13-19-25-18-7-5-4-6-17(18)22(31)26-19/h4-11,14H,12-13H2,1-3H3,(H,24,30)(H,25,26,31)/t14-/m0/s1. The van der Waals surface area contributed by atoms with E-state index in [9.17, 15) is 9.59 Å². The molecule has 170 valence electrons. The average Bonchev–Trinajstić information content (AvgIpc) is 3.18. The van der Waals surface area contributed by atoms with Gasteiger partial charge in [0.2, 0.25) is 5.91 Å². The molecule has 33 heavy (non-hydrogen) atoms. The smallest absolute Gasteiger partial charge is 0.258 e. The van der Waals surface area contributed by atoms with Crippen molar-refractivity contribution in [2.45, 2.75) is 30.3 Å². The van der Waals surface area contributed by atoms with Gasteiger partial charge in [0.15, 0.2) is 11.0 Å². The highest BCUT2D eigenvalue weighted by atomic mass is 32.2. The third-order valence-corrected chi connectivity index (χ3v) is 6.19. The van der Waals surface area contributed by atoms with Crippen molar-refractivity contribution in [2.75, 3.05) is 7.11 Å². The van der Waals surface area contributed by atoms with E-state index in [1.165, 1.54) is 11.8 Å². The van der Waals surface area contributed by atoms with Gasteiger partial charge in [0.25, 0.3) is 5.56 Å². The van der Waals surface area contributed by atoms with Crippen LogP contribution in [0.4, 0.5) is 0 Å². The molecule has 2 heterocycles. The predicted octanol–water partition coefficient (Wildman–Crippen LogP) is 2.77. The number of ether oxygens (including phenoxy) is 1. The molecule has 0 aliphatic rings. The highest BCUT2D eigenvalue weighted by molar-refractivity contribution is 7.98. The van der Waals surface area contributed by atoms with Gasteiger partial charge in [-0.2, -0.15) is 0 Å². The summed E-state index contributed by atoms with van der Waals surface area (Å²) in [5.74, 6) is 2.28. The monoisotopic (exact) mass is 464 g/mol. The minimum Gasteiger partial charge on any atom is -0.497 e. The van der Waals surface area contributed by atoms with Crippen LogP contribution >= 0.6 is 11.8 Å². The van der Waals surface area contributed by atoms with Crippen LogP contribution in [0.25, 0.3) is 10.9 Å². The van der Waals surface area contributed by atoms with Gasteiger partial charge in [0, 0.05) is 7.05 Å². The van der Waals surface area contributed by atoms with Gasteiger partial charge in [-0.1, -0.05) is 36.0 Å². The van der Waals surface area contributed by atoms with Gasteiger partial charge in [0.05, 0.1) is 36.2 Å². The maximum absolute atomic E-state index is 12.5. The number of carbonyl (C=O) groups is 1. The molecule has 9 nitrogen and oxygen atoms in total. The van der Waals surface area contributed by atoms with Crippen LogP contribution in [0.15, 0.2) is 58.5 Å². The van der Waals surface area contributed by atoms with Crippen molar-refractivity contribution in [1.82, 2.24) is 30.0 Å². The molecule has 2 N–H and O–H groups in total. The lowest BCUT2D eigenvalue weighted by Gasteiger charge is -2.14. The second-order valence-electron chi connectivity index (χ2n) is 7.53. The van der Waals surface area contributed by atoms with E-state index < -0.39 is 0 Å². The number of carbonyl (C=O) groups excluding carboxylic acids is 1. The number of fused-ring (bicyclic) bond motifs is 1. The lowest BCUT2D eigenvalue weighted by molar-refractivity contribution is -0.121. The Hall–Kier alpha value is -3.66. The van der Waals surface area contributed by atoms with Gasteiger partial charge in [-0.15, -0.1) is 10.2 Å². The molecule has 0 spiro atoms. The Morgan fingerprint density at radius 2 is 1.94 bits per heavy atom. The minimum absolute atomic E-state index is 0.109. The Morgan fingerprint density at radius 1 is 1.18 bits per heavy atom. The molecule has 0 unspecified atom stereocenters. The Bertz CT molecular complexity index is 1330. The number of rotatable bonds is 8. The van der Waals surface area contributed by atoms with Crippen molar-refractivity contribution < 1.29 is 9.53 Å². The van der Waals surface area contributed by atoms with Crippen LogP contribution < -0.4 is 15.6 Å². The number of aromatic nitrogens is 5. The summed E-state index contributed by atoms with van der Waals surface area (Å²) in [6.07, 6.45) is 0.259. The highest BCUT2D eigenvalue weighted by Crippen LogP contribution is 2.22. The summed E-state index contributed by atoms with van der Waals surface area (Å²) in [7, 11) is 3.45. The maximum Gasteiger partial charge on any atom is 0.258 e. The number of hydrogen-bond acceptors (Lipinski definition) is 7. The highest BCUT2D eigenvalue weighted by Gasteiger charge is 2.18. The Kier molecular flexibility index (Phi) is 6.74. The largest absolute Gasteiger partial charge is 0.497 e. The van der Waals surface area contributed by atoms with E-state index >= 15 is 0 Å². The third kappa shape index (κ3) is 5.23. The van der Waals surface area contributed by atoms with Gasteiger partial charge < -0.3 is 19.6 Å². The molecule has 2 aromatic heterocycles. The molecule has 1 amide bonds. The number of H-pyrrole nitrogens is 1. The van der Waals surface area contributed by atoms with Crippen molar-refractivity contribution in [1.29, 1.82) is 0 Å². The topological polar surface area (TPSA) is 115 Å². The molecule has 4 rings (SSSR count). The minimum atomic E-state index is -0.318. The average molecular weight is 465 g/mol. The van der Waals surface area contributed by atoms with Crippen molar-refractivity contribution in [3.63, 3.8) is 0 Å². The number of aromatic amines is 1. The molecule has 0 bridgehead atoms. The third-order valence-electron chi connectivity index (χ3n) is 5.16.